The summed E-state index contributed by atoms with van der Waals surface area (Å²) in [6, 6.07) is 7.95. The summed E-state index contributed by atoms with van der Waals surface area (Å²) in [6.07, 6.45) is 6.79. The molecule has 0 bridgehead atoms. The topological polar surface area (TPSA) is 15.3 Å². The number of benzene rings is 1. The van der Waals surface area contributed by atoms with Crippen molar-refractivity contribution in [3.8, 4) is 0 Å². The van der Waals surface area contributed by atoms with E-state index in [2.05, 4.69) is 28.4 Å². The molecule has 0 saturated heterocycles. The molecule has 1 fully saturated rings. The second-order valence-electron chi connectivity index (χ2n) is 5.75. The average molecular weight is 244 g/mol. The van der Waals surface area contributed by atoms with Crippen molar-refractivity contribution in [2.45, 2.75) is 44.7 Å². The Morgan fingerprint density at radius 3 is 2.61 bits per heavy atom. The standard InChI is InChI=1S/C16H24N2/c1-17-12-13-5-6-14-7-9-18(16-3-2-4-16)10-8-15(14)11-13/h5-6,11,16-17H,2-4,7-10,12H2,1H3. The lowest BCUT2D eigenvalue weighted by atomic mass is 9.91. The molecule has 1 N–H and O–H groups in total. The molecule has 0 spiro atoms. The third-order valence-corrected chi connectivity index (χ3v) is 4.58. The van der Waals surface area contributed by atoms with Crippen molar-refractivity contribution in [2.75, 3.05) is 20.1 Å². The molecule has 1 aromatic carbocycles. The van der Waals surface area contributed by atoms with Crippen LogP contribution >= 0.6 is 0 Å². The van der Waals surface area contributed by atoms with Gasteiger partial charge in [-0.05, 0) is 49.4 Å². The zero-order valence-electron chi connectivity index (χ0n) is 11.4. The van der Waals surface area contributed by atoms with E-state index in [9.17, 15) is 0 Å². The largest absolute Gasteiger partial charge is 0.316 e. The lowest BCUT2D eigenvalue weighted by molar-refractivity contribution is 0.133. The van der Waals surface area contributed by atoms with Gasteiger partial charge in [-0.3, -0.25) is 4.90 Å². The van der Waals surface area contributed by atoms with Gasteiger partial charge in [-0.15, -0.1) is 0 Å². The number of fused-ring (bicyclic) bond motifs is 1. The molecule has 2 aliphatic rings. The molecule has 2 heteroatoms. The van der Waals surface area contributed by atoms with Crippen molar-refractivity contribution in [1.82, 2.24) is 10.2 Å². The molecule has 98 valence electrons. The molecule has 1 aromatic rings. The Bertz CT molecular complexity index is 410. The lowest BCUT2D eigenvalue weighted by Gasteiger charge is -2.36. The molecule has 0 radical (unpaired) electrons. The Morgan fingerprint density at radius 1 is 1.17 bits per heavy atom. The van der Waals surface area contributed by atoms with Crippen LogP contribution in [0.25, 0.3) is 0 Å². The van der Waals surface area contributed by atoms with Gasteiger partial charge in [-0.1, -0.05) is 24.6 Å². The van der Waals surface area contributed by atoms with Gasteiger partial charge in [-0.2, -0.15) is 0 Å². The number of hydrogen-bond donors (Lipinski definition) is 1. The fourth-order valence-electron chi connectivity index (χ4n) is 3.23. The first-order chi connectivity index (χ1) is 8.86. The summed E-state index contributed by atoms with van der Waals surface area (Å²) in [7, 11) is 2.02. The molecule has 1 aliphatic carbocycles. The summed E-state index contributed by atoms with van der Waals surface area (Å²) in [5.41, 5.74) is 4.59. The van der Waals surface area contributed by atoms with E-state index in [-0.39, 0.29) is 0 Å². The SMILES string of the molecule is CNCc1ccc2c(c1)CCN(C1CCC1)CC2. The van der Waals surface area contributed by atoms with Gasteiger partial charge >= 0.3 is 0 Å². The molecule has 0 unspecified atom stereocenters. The van der Waals surface area contributed by atoms with Gasteiger partial charge in [-0.25, -0.2) is 0 Å². The Kier molecular flexibility index (Phi) is 3.67. The zero-order chi connectivity index (χ0) is 12.4. The summed E-state index contributed by atoms with van der Waals surface area (Å²) in [6.45, 7) is 3.52. The average Bonchev–Trinajstić information content (AvgIpc) is 2.51. The van der Waals surface area contributed by atoms with Crippen LogP contribution < -0.4 is 5.32 Å². The van der Waals surface area contributed by atoms with Crippen LogP contribution in [0.15, 0.2) is 18.2 Å². The molecule has 1 aliphatic heterocycles. The van der Waals surface area contributed by atoms with Crippen LogP contribution in [0.5, 0.6) is 0 Å². The van der Waals surface area contributed by atoms with E-state index >= 15 is 0 Å². The molecule has 0 atom stereocenters. The quantitative estimate of drug-likeness (QED) is 0.878. The van der Waals surface area contributed by atoms with Crippen LogP contribution in [0, 0.1) is 0 Å². The minimum atomic E-state index is 0.899. The predicted octanol–water partition coefficient (Wildman–Crippen LogP) is 2.36. The molecule has 1 saturated carbocycles. The number of nitrogens with one attached hydrogen (secondary N) is 1. The van der Waals surface area contributed by atoms with E-state index < -0.39 is 0 Å². The highest BCUT2D eigenvalue weighted by atomic mass is 15.2. The van der Waals surface area contributed by atoms with Gasteiger partial charge in [0.25, 0.3) is 0 Å². The summed E-state index contributed by atoms with van der Waals surface area (Å²) in [4.78, 5) is 2.72. The normalized spacial score (nSPS) is 21.2. The highest BCUT2D eigenvalue weighted by Crippen LogP contribution is 2.27. The van der Waals surface area contributed by atoms with E-state index in [1.807, 2.05) is 7.05 Å². The molecule has 1 heterocycles. The van der Waals surface area contributed by atoms with Crippen LogP contribution in [0.4, 0.5) is 0 Å². The van der Waals surface area contributed by atoms with Crippen molar-refractivity contribution in [1.29, 1.82) is 0 Å². The second-order valence-corrected chi connectivity index (χ2v) is 5.75. The summed E-state index contributed by atoms with van der Waals surface area (Å²) >= 11 is 0. The zero-order valence-corrected chi connectivity index (χ0v) is 11.4. The van der Waals surface area contributed by atoms with Gasteiger partial charge < -0.3 is 5.32 Å². The molecule has 0 aromatic heterocycles. The van der Waals surface area contributed by atoms with E-state index in [0.717, 1.165) is 12.6 Å². The monoisotopic (exact) mass is 244 g/mol. The fraction of sp³-hybridized carbons (Fsp3) is 0.625. The summed E-state index contributed by atoms with van der Waals surface area (Å²) < 4.78 is 0. The van der Waals surface area contributed by atoms with E-state index in [1.165, 1.54) is 50.8 Å². The van der Waals surface area contributed by atoms with Crippen molar-refractivity contribution < 1.29 is 0 Å². The van der Waals surface area contributed by atoms with Crippen LogP contribution in [0.1, 0.15) is 36.0 Å². The maximum atomic E-state index is 3.24. The van der Waals surface area contributed by atoms with Crippen LogP contribution in [0.3, 0.4) is 0 Å². The van der Waals surface area contributed by atoms with Crippen molar-refractivity contribution in [3.63, 3.8) is 0 Å². The van der Waals surface area contributed by atoms with Crippen molar-refractivity contribution in [3.05, 3.63) is 34.9 Å². The smallest absolute Gasteiger partial charge is 0.0202 e. The van der Waals surface area contributed by atoms with Gasteiger partial charge in [0.1, 0.15) is 0 Å². The molecular formula is C16H24N2. The maximum absolute atomic E-state index is 3.24. The van der Waals surface area contributed by atoms with E-state index in [4.69, 9.17) is 0 Å². The van der Waals surface area contributed by atoms with Gasteiger partial charge in [0.05, 0.1) is 0 Å². The number of hydrogen-bond acceptors (Lipinski definition) is 2. The molecule has 18 heavy (non-hydrogen) atoms. The first-order valence-corrected chi connectivity index (χ1v) is 7.36. The second kappa shape index (κ2) is 5.41. The Labute approximate surface area is 110 Å². The molecule has 2 nitrogen and oxygen atoms in total. The Hall–Kier alpha value is -0.860. The first-order valence-electron chi connectivity index (χ1n) is 7.36. The van der Waals surface area contributed by atoms with Gasteiger partial charge in [0, 0.05) is 25.7 Å². The molecule has 0 amide bonds. The summed E-state index contributed by atoms with van der Waals surface area (Å²) in [5.74, 6) is 0. The number of rotatable bonds is 3. The van der Waals surface area contributed by atoms with Crippen LogP contribution in [0.2, 0.25) is 0 Å². The lowest BCUT2D eigenvalue weighted by Crippen LogP contribution is -2.41. The molecular weight excluding hydrogens is 220 g/mol. The minimum Gasteiger partial charge on any atom is -0.316 e. The molecule has 3 rings (SSSR count). The van der Waals surface area contributed by atoms with Crippen molar-refractivity contribution in [2.24, 2.45) is 0 Å². The summed E-state index contributed by atoms with van der Waals surface area (Å²) in [5, 5.41) is 3.24. The highest BCUT2D eigenvalue weighted by Gasteiger charge is 2.26. The third kappa shape index (κ3) is 2.45. The highest BCUT2D eigenvalue weighted by molar-refractivity contribution is 5.33. The van der Waals surface area contributed by atoms with Crippen LogP contribution in [-0.2, 0) is 19.4 Å². The predicted molar refractivity (Wildman–Crippen MR) is 75.8 cm³/mol. The fourth-order valence-corrected chi connectivity index (χ4v) is 3.23. The van der Waals surface area contributed by atoms with Gasteiger partial charge in [0.2, 0.25) is 0 Å². The Balaban J connectivity index is 1.71. The number of nitrogens with zero attached hydrogens (tertiary/aromatic N) is 1. The van der Waals surface area contributed by atoms with Gasteiger partial charge in [0.15, 0.2) is 0 Å². The Morgan fingerprint density at radius 2 is 1.94 bits per heavy atom. The van der Waals surface area contributed by atoms with Crippen molar-refractivity contribution >= 4 is 0 Å². The van der Waals surface area contributed by atoms with Crippen LogP contribution in [-0.4, -0.2) is 31.1 Å². The van der Waals surface area contributed by atoms with E-state index in [1.54, 1.807) is 11.1 Å². The van der Waals surface area contributed by atoms with E-state index in [0.29, 0.717) is 0 Å². The third-order valence-electron chi connectivity index (χ3n) is 4.58. The minimum absolute atomic E-state index is 0.899. The maximum Gasteiger partial charge on any atom is 0.0202 e. The first kappa shape index (κ1) is 12.2.